The van der Waals surface area contributed by atoms with E-state index in [1.54, 1.807) is 0 Å². The zero-order chi connectivity index (χ0) is 15.2. The second-order valence-electron chi connectivity index (χ2n) is 3.71. The molecule has 0 aliphatic heterocycles. The van der Waals surface area contributed by atoms with Crippen LogP contribution < -0.4 is 10.1 Å². The molecule has 0 bridgehead atoms. The van der Waals surface area contributed by atoms with E-state index in [9.17, 15) is 18.0 Å². The van der Waals surface area contributed by atoms with Crippen molar-refractivity contribution in [1.29, 1.82) is 0 Å². The Balaban J connectivity index is 2.95. The van der Waals surface area contributed by atoms with E-state index in [4.69, 9.17) is 9.84 Å². The van der Waals surface area contributed by atoms with E-state index >= 15 is 0 Å². The molecule has 0 unspecified atom stereocenters. The minimum atomic E-state index is -4.60. The first-order valence-electron chi connectivity index (χ1n) is 5.64. The normalized spacial score (nSPS) is 11.1. The highest BCUT2D eigenvalue weighted by Crippen LogP contribution is 2.37. The summed E-state index contributed by atoms with van der Waals surface area (Å²) in [6, 6.07) is 3.26. The molecule has 0 saturated heterocycles. The van der Waals surface area contributed by atoms with Crippen LogP contribution in [0.3, 0.4) is 0 Å². The lowest BCUT2D eigenvalue weighted by Crippen LogP contribution is -2.18. The highest BCUT2D eigenvalue weighted by Gasteiger charge is 2.34. The Kier molecular flexibility index (Phi) is 5.63. The molecule has 0 aliphatic carbocycles. The molecule has 0 aliphatic rings. The van der Waals surface area contributed by atoms with E-state index in [-0.39, 0.29) is 31.2 Å². The zero-order valence-electron chi connectivity index (χ0n) is 10.7. The Labute approximate surface area is 113 Å². The lowest BCUT2D eigenvalue weighted by molar-refractivity contribution is -0.139. The van der Waals surface area contributed by atoms with E-state index in [1.165, 1.54) is 6.07 Å². The number of anilines is 1. The molecule has 1 rings (SSSR count). The Morgan fingerprint density at radius 1 is 1.40 bits per heavy atom. The van der Waals surface area contributed by atoms with Gasteiger partial charge >= 0.3 is 12.1 Å². The second-order valence-corrected chi connectivity index (χ2v) is 3.71. The van der Waals surface area contributed by atoms with Crippen molar-refractivity contribution in [2.24, 2.45) is 0 Å². The van der Waals surface area contributed by atoms with Gasteiger partial charge in [0.25, 0.3) is 0 Å². The average molecular weight is 293 g/mol. The van der Waals surface area contributed by atoms with E-state index in [1.807, 2.05) is 0 Å². The van der Waals surface area contributed by atoms with Crippen molar-refractivity contribution in [3.63, 3.8) is 0 Å². The van der Waals surface area contributed by atoms with Crippen molar-refractivity contribution < 1.29 is 32.5 Å². The molecule has 5 nitrogen and oxygen atoms in total. The van der Waals surface area contributed by atoms with E-state index in [0.717, 1.165) is 19.2 Å². The number of halogens is 3. The summed E-state index contributed by atoms with van der Waals surface area (Å²) in [4.78, 5) is 10.9. The standard InChI is InChI=1S/C12H14F3NO4/c1-19-11(18)7-16-10-3-2-8(20-5-4-17)6-9(10)12(13,14)15/h2-3,6,16-17H,4-5,7H2,1H3. The number of hydrogen-bond donors (Lipinski definition) is 2. The van der Waals surface area contributed by atoms with Crippen molar-refractivity contribution in [3.8, 4) is 5.75 Å². The van der Waals surface area contributed by atoms with Crippen LogP contribution in [0.2, 0.25) is 0 Å². The van der Waals surface area contributed by atoms with Gasteiger partial charge in [0.15, 0.2) is 0 Å². The molecule has 112 valence electrons. The van der Waals surface area contributed by atoms with Gasteiger partial charge in [0.2, 0.25) is 0 Å². The number of methoxy groups -OCH3 is 1. The van der Waals surface area contributed by atoms with Crippen LogP contribution >= 0.6 is 0 Å². The van der Waals surface area contributed by atoms with E-state index in [2.05, 4.69) is 10.1 Å². The number of hydrogen-bond acceptors (Lipinski definition) is 5. The van der Waals surface area contributed by atoms with Gasteiger partial charge in [-0.3, -0.25) is 4.79 Å². The molecule has 0 amide bonds. The van der Waals surface area contributed by atoms with Crippen LogP contribution in [0.4, 0.5) is 18.9 Å². The molecule has 20 heavy (non-hydrogen) atoms. The third kappa shape index (κ3) is 4.61. The molecule has 0 heterocycles. The first kappa shape index (κ1) is 16.1. The van der Waals surface area contributed by atoms with Gasteiger partial charge in [0.1, 0.15) is 18.9 Å². The third-order valence-corrected chi connectivity index (χ3v) is 2.31. The van der Waals surface area contributed by atoms with Crippen LogP contribution in [0.15, 0.2) is 18.2 Å². The van der Waals surface area contributed by atoms with Gasteiger partial charge in [-0.1, -0.05) is 0 Å². The number of esters is 1. The molecule has 0 atom stereocenters. The van der Waals surface area contributed by atoms with E-state index < -0.39 is 17.7 Å². The number of carbonyl (C=O) groups excluding carboxylic acids is 1. The summed E-state index contributed by atoms with van der Waals surface area (Å²) >= 11 is 0. The number of carbonyl (C=O) groups is 1. The number of benzene rings is 1. The summed E-state index contributed by atoms with van der Waals surface area (Å²) in [7, 11) is 1.14. The maximum Gasteiger partial charge on any atom is 0.418 e. The van der Waals surface area contributed by atoms with Gasteiger partial charge in [0.05, 0.1) is 19.3 Å². The Bertz CT molecular complexity index is 463. The highest BCUT2D eigenvalue weighted by molar-refractivity contribution is 5.75. The van der Waals surface area contributed by atoms with Gasteiger partial charge in [-0.05, 0) is 18.2 Å². The fraction of sp³-hybridized carbons (Fsp3) is 0.417. The largest absolute Gasteiger partial charge is 0.491 e. The predicted octanol–water partition coefficient (Wildman–Crippen LogP) is 1.66. The van der Waals surface area contributed by atoms with Crippen LogP contribution in [0, 0.1) is 0 Å². The highest BCUT2D eigenvalue weighted by atomic mass is 19.4. The number of nitrogens with one attached hydrogen (secondary N) is 1. The summed E-state index contributed by atoms with van der Waals surface area (Å²) in [6.45, 7) is -0.785. The molecule has 2 N–H and O–H groups in total. The fourth-order valence-electron chi connectivity index (χ4n) is 1.40. The number of alkyl halides is 3. The lowest BCUT2D eigenvalue weighted by atomic mass is 10.1. The summed E-state index contributed by atoms with van der Waals surface area (Å²) in [5.41, 5.74) is -1.21. The smallest absolute Gasteiger partial charge is 0.418 e. The molecular weight excluding hydrogens is 279 g/mol. The molecule has 0 fully saturated rings. The lowest BCUT2D eigenvalue weighted by Gasteiger charge is -2.15. The minimum Gasteiger partial charge on any atom is -0.491 e. The molecule has 0 saturated carbocycles. The first-order chi connectivity index (χ1) is 9.38. The summed E-state index contributed by atoms with van der Waals surface area (Å²) in [5, 5.41) is 10.9. The maximum atomic E-state index is 12.9. The SMILES string of the molecule is COC(=O)CNc1ccc(OCCO)cc1C(F)(F)F. The second kappa shape index (κ2) is 6.99. The number of aliphatic hydroxyl groups is 1. The Morgan fingerprint density at radius 3 is 2.65 bits per heavy atom. The van der Waals surface area contributed by atoms with Crippen LogP contribution in [-0.4, -0.2) is 37.9 Å². The van der Waals surface area contributed by atoms with Gasteiger partial charge in [0, 0.05) is 5.69 Å². The average Bonchev–Trinajstić information content (AvgIpc) is 2.41. The summed E-state index contributed by atoms with van der Waals surface area (Å²) in [6.07, 6.45) is -4.60. The number of aliphatic hydroxyl groups excluding tert-OH is 1. The summed E-state index contributed by atoms with van der Waals surface area (Å²) in [5.74, 6) is -0.700. The molecular formula is C12H14F3NO4. The Morgan fingerprint density at radius 2 is 2.10 bits per heavy atom. The number of ether oxygens (including phenoxy) is 2. The molecule has 0 spiro atoms. The fourth-order valence-corrected chi connectivity index (χ4v) is 1.40. The van der Waals surface area contributed by atoms with Crippen molar-refractivity contribution in [1.82, 2.24) is 0 Å². The molecule has 0 aromatic heterocycles. The van der Waals surface area contributed by atoms with Crippen molar-refractivity contribution in [3.05, 3.63) is 23.8 Å². The summed E-state index contributed by atoms with van der Waals surface area (Å²) < 4.78 is 47.9. The molecule has 8 heteroatoms. The van der Waals surface area contributed by atoms with Gasteiger partial charge < -0.3 is 19.9 Å². The minimum absolute atomic E-state index is 0.0185. The predicted molar refractivity (Wildman–Crippen MR) is 64.5 cm³/mol. The maximum absolute atomic E-state index is 12.9. The topological polar surface area (TPSA) is 67.8 Å². The van der Waals surface area contributed by atoms with Crippen LogP contribution in [0.1, 0.15) is 5.56 Å². The quantitative estimate of drug-likeness (QED) is 0.781. The Hall–Kier alpha value is -1.96. The monoisotopic (exact) mass is 293 g/mol. The zero-order valence-corrected chi connectivity index (χ0v) is 10.7. The third-order valence-electron chi connectivity index (χ3n) is 2.31. The number of rotatable bonds is 6. The van der Waals surface area contributed by atoms with Gasteiger partial charge in [-0.2, -0.15) is 13.2 Å². The van der Waals surface area contributed by atoms with Crippen LogP contribution in [0.25, 0.3) is 0 Å². The molecule has 1 aromatic rings. The van der Waals surface area contributed by atoms with Crippen LogP contribution in [-0.2, 0) is 15.7 Å². The van der Waals surface area contributed by atoms with Crippen molar-refractivity contribution >= 4 is 11.7 Å². The van der Waals surface area contributed by atoms with Crippen molar-refractivity contribution in [2.75, 3.05) is 32.2 Å². The molecule has 1 aromatic carbocycles. The van der Waals surface area contributed by atoms with Gasteiger partial charge in [-0.25, -0.2) is 0 Å². The van der Waals surface area contributed by atoms with Gasteiger partial charge in [-0.15, -0.1) is 0 Å². The van der Waals surface area contributed by atoms with Crippen LogP contribution in [0.5, 0.6) is 5.75 Å². The van der Waals surface area contributed by atoms with Crippen molar-refractivity contribution in [2.45, 2.75) is 6.18 Å². The first-order valence-corrected chi connectivity index (χ1v) is 5.64. The molecule has 0 radical (unpaired) electrons. The van der Waals surface area contributed by atoms with E-state index in [0.29, 0.717) is 0 Å².